The maximum Gasteiger partial charge on any atom is 0.234 e. The summed E-state index contributed by atoms with van der Waals surface area (Å²) in [6, 6.07) is 0. The minimum absolute atomic E-state index is 0.113. The van der Waals surface area contributed by atoms with E-state index in [0.29, 0.717) is 0 Å². The lowest BCUT2D eigenvalue weighted by atomic mass is 9.84. The first-order valence-corrected chi connectivity index (χ1v) is 3.92. The van der Waals surface area contributed by atoms with Crippen LogP contribution in [0.25, 0.3) is 0 Å². The molecule has 2 nitrogen and oxygen atoms in total. The summed E-state index contributed by atoms with van der Waals surface area (Å²) in [5, 5.41) is -0.587. The number of hydrogen-bond acceptors (Lipinski definition) is 2. The standard InChI is InChI=1S/C8H13ClO2/c1-5(2)6(10)8(3,4)7(9)11/h5H,1-4H3. The second kappa shape index (κ2) is 3.35. The van der Waals surface area contributed by atoms with E-state index in [1.807, 2.05) is 0 Å². The van der Waals surface area contributed by atoms with Crippen LogP contribution in [0.1, 0.15) is 27.7 Å². The highest BCUT2D eigenvalue weighted by atomic mass is 35.5. The predicted molar refractivity (Wildman–Crippen MR) is 44.5 cm³/mol. The Morgan fingerprint density at radius 2 is 1.64 bits per heavy atom. The first-order valence-electron chi connectivity index (χ1n) is 3.54. The fourth-order valence-electron chi connectivity index (χ4n) is 0.819. The number of carbonyl (C=O) groups is 2. The summed E-state index contributed by atoms with van der Waals surface area (Å²) in [5.41, 5.74) is -1.03. The van der Waals surface area contributed by atoms with E-state index in [2.05, 4.69) is 0 Å². The Hall–Kier alpha value is -0.370. The quantitative estimate of drug-likeness (QED) is 0.487. The molecule has 0 fully saturated rings. The number of carbonyl (C=O) groups excluding carboxylic acids is 2. The fourth-order valence-corrected chi connectivity index (χ4v) is 0.912. The smallest absolute Gasteiger partial charge is 0.234 e. The van der Waals surface area contributed by atoms with E-state index in [-0.39, 0.29) is 11.7 Å². The van der Waals surface area contributed by atoms with Crippen molar-refractivity contribution in [1.82, 2.24) is 0 Å². The lowest BCUT2D eigenvalue weighted by molar-refractivity contribution is -0.136. The summed E-state index contributed by atoms with van der Waals surface area (Å²) < 4.78 is 0. The van der Waals surface area contributed by atoms with E-state index in [9.17, 15) is 9.59 Å². The van der Waals surface area contributed by atoms with Gasteiger partial charge in [0.05, 0.1) is 5.41 Å². The average molecular weight is 177 g/mol. The van der Waals surface area contributed by atoms with Gasteiger partial charge in [0.25, 0.3) is 0 Å². The molecule has 0 spiro atoms. The van der Waals surface area contributed by atoms with Crippen molar-refractivity contribution in [2.45, 2.75) is 27.7 Å². The molecule has 0 aliphatic carbocycles. The second-order valence-corrected chi connectivity index (χ2v) is 3.76. The van der Waals surface area contributed by atoms with Crippen LogP contribution in [0, 0.1) is 11.3 Å². The molecule has 0 aromatic carbocycles. The molecule has 0 saturated heterocycles. The number of hydrogen-bond donors (Lipinski definition) is 0. The van der Waals surface area contributed by atoms with Gasteiger partial charge in [-0.3, -0.25) is 9.59 Å². The number of halogens is 1. The third kappa shape index (κ3) is 2.29. The molecule has 0 aliphatic heterocycles. The zero-order valence-corrected chi connectivity index (χ0v) is 8.03. The highest BCUT2D eigenvalue weighted by Crippen LogP contribution is 2.23. The van der Waals surface area contributed by atoms with Crippen molar-refractivity contribution in [1.29, 1.82) is 0 Å². The van der Waals surface area contributed by atoms with Gasteiger partial charge in [-0.05, 0) is 25.4 Å². The molecule has 0 rings (SSSR count). The van der Waals surface area contributed by atoms with E-state index >= 15 is 0 Å². The molecule has 3 heteroatoms. The van der Waals surface area contributed by atoms with Crippen LogP contribution in [0.2, 0.25) is 0 Å². The summed E-state index contributed by atoms with van der Waals surface area (Å²) in [7, 11) is 0. The van der Waals surface area contributed by atoms with E-state index < -0.39 is 10.7 Å². The van der Waals surface area contributed by atoms with Crippen LogP contribution in [0.3, 0.4) is 0 Å². The molecule has 11 heavy (non-hydrogen) atoms. The lowest BCUT2D eigenvalue weighted by Crippen LogP contribution is -2.33. The molecular formula is C8H13ClO2. The highest BCUT2D eigenvalue weighted by Gasteiger charge is 2.35. The number of ketones is 1. The van der Waals surface area contributed by atoms with E-state index in [1.54, 1.807) is 27.7 Å². The van der Waals surface area contributed by atoms with Crippen LogP contribution >= 0.6 is 11.6 Å². The van der Waals surface area contributed by atoms with Crippen LogP contribution in [-0.4, -0.2) is 11.0 Å². The maximum atomic E-state index is 11.3. The Kier molecular flexibility index (Phi) is 3.24. The van der Waals surface area contributed by atoms with E-state index in [4.69, 9.17) is 11.6 Å². The summed E-state index contributed by atoms with van der Waals surface area (Å²) in [6.07, 6.45) is 0. The van der Waals surface area contributed by atoms with Gasteiger partial charge in [0.1, 0.15) is 5.78 Å². The molecule has 0 amide bonds. The second-order valence-electron chi connectivity index (χ2n) is 3.42. The summed E-state index contributed by atoms with van der Waals surface area (Å²) >= 11 is 5.25. The molecule has 0 saturated carbocycles. The van der Waals surface area contributed by atoms with Crippen molar-refractivity contribution >= 4 is 22.6 Å². The van der Waals surface area contributed by atoms with Crippen LogP contribution in [0.5, 0.6) is 0 Å². The van der Waals surface area contributed by atoms with Gasteiger partial charge in [0.15, 0.2) is 0 Å². The number of Topliss-reactive ketones (excluding diaryl/α,β-unsaturated/α-hetero) is 1. The van der Waals surface area contributed by atoms with Crippen molar-refractivity contribution in [3.63, 3.8) is 0 Å². The Labute approximate surface area is 71.9 Å². The maximum absolute atomic E-state index is 11.3. The van der Waals surface area contributed by atoms with Crippen LogP contribution in [-0.2, 0) is 9.59 Å². The van der Waals surface area contributed by atoms with Crippen molar-refractivity contribution in [3.05, 3.63) is 0 Å². The molecule has 0 unspecified atom stereocenters. The predicted octanol–water partition coefficient (Wildman–Crippen LogP) is 2.00. The van der Waals surface area contributed by atoms with Gasteiger partial charge in [-0.2, -0.15) is 0 Å². The van der Waals surface area contributed by atoms with Crippen LogP contribution in [0.15, 0.2) is 0 Å². The lowest BCUT2D eigenvalue weighted by Gasteiger charge is -2.19. The van der Waals surface area contributed by atoms with E-state index in [0.717, 1.165) is 0 Å². The minimum Gasteiger partial charge on any atom is -0.298 e. The minimum atomic E-state index is -1.03. The Bertz CT molecular complexity index is 183. The summed E-state index contributed by atoms with van der Waals surface area (Å²) in [6.45, 7) is 6.60. The molecule has 0 atom stereocenters. The van der Waals surface area contributed by atoms with Crippen molar-refractivity contribution in [3.8, 4) is 0 Å². The average Bonchev–Trinajstić information content (AvgIpc) is 1.85. The normalized spacial score (nSPS) is 11.8. The van der Waals surface area contributed by atoms with Gasteiger partial charge in [-0.25, -0.2) is 0 Å². The molecule has 0 radical (unpaired) electrons. The largest absolute Gasteiger partial charge is 0.298 e. The van der Waals surface area contributed by atoms with E-state index in [1.165, 1.54) is 0 Å². The Morgan fingerprint density at radius 1 is 1.27 bits per heavy atom. The van der Waals surface area contributed by atoms with Gasteiger partial charge in [0.2, 0.25) is 5.24 Å². The highest BCUT2D eigenvalue weighted by molar-refractivity contribution is 6.66. The van der Waals surface area contributed by atoms with Crippen molar-refractivity contribution in [2.75, 3.05) is 0 Å². The summed E-state index contributed by atoms with van der Waals surface area (Å²) in [5.74, 6) is -0.259. The topological polar surface area (TPSA) is 34.1 Å². The third-order valence-electron chi connectivity index (χ3n) is 1.63. The Morgan fingerprint density at radius 3 is 1.73 bits per heavy atom. The summed E-state index contributed by atoms with van der Waals surface area (Å²) in [4.78, 5) is 22.1. The van der Waals surface area contributed by atoms with Gasteiger partial charge >= 0.3 is 0 Å². The number of rotatable bonds is 3. The Balaban J connectivity index is 4.56. The zero-order valence-electron chi connectivity index (χ0n) is 7.27. The molecule has 0 bridgehead atoms. The molecule has 0 N–H and O–H groups in total. The van der Waals surface area contributed by atoms with Gasteiger partial charge in [-0.15, -0.1) is 0 Å². The zero-order chi connectivity index (χ0) is 9.23. The van der Waals surface area contributed by atoms with Crippen molar-refractivity contribution in [2.24, 2.45) is 11.3 Å². The molecular weight excluding hydrogens is 164 g/mol. The van der Waals surface area contributed by atoms with Gasteiger partial charge in [0, 0.05) is 5.92 Å². The first kappa shape index (κ1) is 10.6. The first-order chi connectivity index (χ1) is 4.80. The van der Waals surface area contributed by atoms with Crippen LogP contribution < -0.4 is 0 Å². The van der Waals surface area contributed by atoms with Crippen molar-refractivity contribution < 1.29 is 9.59 Å². The molecule has 64 valence electrons. The molecule has 0 heterocycles. The monoisotopic (exact) mass is 176 g/mol. The van der Waals surface area contributed by atoms with Gasteiger partial charge in [-0.1, -0.05) is 13.8 Å². The third-order valence-corrected chi connectivity index (χ3v) is 2.10. The fraction of sp³-hybridized carbons (Fsp3) is 0.750. The SMILES string of the molecule is CC(C)C(=O)C(C)(C)C(=O)Cl. The molecule has 0 aromatic rings. The molecule has 0 aromatic heterocycles. The molecule has 0 aliphatic rings. The van der Waals surface area contributed by atoms with Gasteiger partial charge < -0.3 is 0 Å². The van der Waals surface area contributed by atoms with Crippen LogP contribution in [0.4, 0.5) is 0 Å².